The molecule has 17 heavy (non-hydrogen) atoms. The van der Waals surface area contributed by atoms with Crippen molar-refractivity contribution in [1.29, 1.82) is 0 Å². The highest BCUT2D eigenvalue weighted by Gasteiger charge is 2.00. The number of hydrogen-bond donors (Lipinski definition) is 0. The van der Waals surface area contributed by atoms with E-state index in [0.29, 0.717) is 17.4 Å². The lowest BCUT2D eigenvalue weighted by Gasteiger charge is -2.07. The maximum atomic E-state index is 12.7. The quantitative estimate of drug-likeness (QED) is 0.789. The SMILES string of the molecule is Fc1ccc(OCc2ccc(Cl)c(Br)c2)cc1. The second-order valence-electron chi connectivity index (χ2n) is 3.49. The second-order valence-corrected chi connectivity index (χ2v) is 4.75. The van der Waals surface area contributed by atoms with E-state index >= 15 is 0 Å². The molecule has 1 nitrogen and oxygen atoms in total. The summed E-state index contributed by atoms with van der Waals surface area (Å²) in [6, 6.07) is 11.5. The highest BCUT2D eigenvalue weighted by Crippen LogP contribution is 2.24. The maximum absolute atomic E-state index is 12.7. The van der Waals surface area contributed by atoms with E-state index in [4.69, 9.17) is 16.3 Å². The number of hydrogen-bond acceptors (Lipinski definition) is 1. The van der Waals surface area contributed by atoms with Crippen molar-refractivity contribution in [2.45, 2.75) is 6.61 Å². The van der Waals surface area contributed by atoms with Gasteiger partial charge in [-0.15, -0.1) is 0 Å². The minimum Gasteiger partial charge on any atom is -0.489 e. The van der Waals surface area contributed by atoms with Crippen LogP contribution in [0.5, 0.6) is 5.75 Å². The minimum absolute atomic E-state index is 0.272. The lowest BCUT2D eigenvalue weighted by Crippen LogP contribution is -1.95. The van der Waals surface area contributed by atoms with Gasteiger partial charge in [0.05, 0.1) is 5.02 Å². The summed E-state index contributed by atoms with van der Waals surface area (Å²) in [5.74, 6) is 0.365. The van der Waals surface area contributed by atoms with Crippen LogP contribution in [0.15, 0.2) is 46.9 Å². The third-order valence-electron chi connectivity index (χ3n) is 2.20. The largest absolute Gasteiger partial charge is 0.489 e. The van der Waals surface area contributed by atoms with E-state index in [9.17, 15) is 4.39 Å². The summed E-state index contributed by atoms with van der Waals surface area (Å²) >= 11 is 9.23. The van der Waals surface area contributed by atoms with Gasteiger partial charge in [-0.2, -0.15) is 0 Å². The molecule has 0 aliphatic heterocycles. The fourth-order valence-corrected chi connectivity index (χ4v) is 1.87. The Kier molecular flexibility index (Phi) is 4.02. The van der Waals surface area contributed by atoms with Crippen LogP contribution in [-0.2, 0) is 6.61 Å². The van der Waals surface area contributed by atoms with Gasteiger partial charge in [-0.3, -0.25) is 0 Å². The molecule has 0 aliphatic rings. The molecule has 0 saturated heterocycles. The third kappa shape index (κ3) is 3.45. The molecule has 0 atom stereocenters. The van der Waals surface area contributed by atoms with Crippen LogP contribution in [0, 0.1) is 5.82 Å². The van der Waals surface area contributed by atoms with Gasteiger partial charge in [-0.25, -0.2) is 4.39 Å². The monoisotopic (exact) mass is 314 g/mol. The standard InChI is InChI=1S/C13H9BrClFO/c14-12-7-9(1-6-13(12)15)8-17-11-4-2-10(16)3-5-11/h1-7H,8H2. The molecule has 0 unspecified atom stereocenters. The zero-order valence-electron chi connectivity index (χ0n) is 8.79. The van der Waals surface area contributed by atoms with E-state index in [0.717, 1.165) is 10.0 Å². The maximum Gasteiger partial charge on any atom is 0.123 e. The van der Waals surface area contributed by atoms with Crippen molar-refractivity contribution < 1.29 is 9.13 Å². The first-order valence-corrected chi connectivity index (χ1v) is 6.14. The molecule has 2 aromatic carbocycles. The van der Waals surface area contributed by atoms with E-state index in [-0.39, 0.29) is 5.82 Å². The van der Waals surface area contributed by atoms with E-state index in [2.05, 4.69) is 15.9 Å². The fraction of sp³-hybridized carbons (Fsp3) is 0.0769. The lowest BCUT2D eigenvalue weighted by atomic mass is 10.2. The van der Waals surface area contributed by atoms with Gasteiger partial charge in [-0.1, -0.05) is 17.7 Å². The van der Waals surface area contributed by atoms with Gasteiger partial charge in [0.25, 0.3) is 0 Å². The van der Waals surface area contributed by atoms with E-state index in [1.165, 1.54) is 12.1 Å². The molecule has 0 radical (unpaired) electrons. The molecule has 0 amide bonds. The zero-order chi connectivity index (χ0) is 12.3. The minimum atomic E-state index is -0.272. The summed E-state index contributed by atoms with van der Waals surface area (Å²) in [5, 5.41) is 0.663. The fourth-order valence-electron chi connectivity index (χ4n) is 1.33. The van der Waals surface area contributed by atoms with Crippen molar-refractivity contribution in [1.82, 2.24) is 0 Å². The molecule has 0 heterocycles. The summed E-state index contributed by atoms with van der Waals surface area (Å²) in [4.78, 5) is 0. The Labute approximate surface area is 112 Å². The first-order chi connectivity index (χ1) is 8.15. The van der Waals surface area contributed by atoms with Gasteiger partial charge in [0.15, 0.2) is 0 Å². The molecule has 0 aromatic heterocycles. The molecule has 0 saturated carbocycles. The predicted octanol–water partition coefficient (Wildman–Crippen LogP) is 4.82. The van der Waals surface area contributed by atoms with Crippen LogP contribution in [0.3, 0.4) is 0 Å². The number of ether oxygens (including phenoxy) is 1. The molecular formula is C13H9BrClFO. The van der Waals surface area contributed by atoms with Crippen molar-refractivity contribution >= 4 is 27.5 Å². The molecule has 4 heteroatoms. The van der Waals surface area contributed by atoms with Gasteiger partial charge in [-0.05, 0) is 57.9 Å². The third-order valence-corrected chi connectivity index (χ3v) is 3.42. The molecule has 88 valence electrons. The highest BCUT2D eigenvalue weighted by molar-refractivity contribution is 9.10. The summed E-state index contributed by atoms with van der Waals surface area (Å²) in [5.41, 5.74) is 0.991. The van der Waals surface area contributed by atoms with Crippen LogP contribution >= 0.6 is 27.5 Å². The Morgan fingerprint density at radius 2 is 1.82 bits per heavy atom. The lowest BCUT2D eigenvalue weighted by molar-refractivity contribution is 0.305. The first-order valence-electron chi connectivity index (χ1n) is 4.97. The molecule has 0 aliphatic carbocycles. The Morgan fingerprint density at radius 3 is 2.47 bits per heavy atom. The average molecular weight is 316 g/mol. The smallest absolute Gasteiger partial charge is 0.123 e. The van der Waals surface area contributed by atoms with Crippen LogP contribution in [0.2, 0.25) is 5.02 Å². The van der Waals surface area contributed by atoms with Gasteiger partial charge in [0, 0.05) is 4.47 Å². The molecule has 0 spiro atoms. The van der Waals surface area contributed by atoms with Gasteiger partial charge in [0.1, 0.15) is 18.2 Å². The number of halogens is 3. The topological polar surface area (TPSA) is 9.23 Å². The Balaban J connectivity index is 2.02. The summed E-state index contributed by atoms with van der Waals surface area (Å²) in [6.07, 6.45) is 0. The number of rotatable bonds is 3. The second kappa shape index (κ2) is 5.52. The Hall–Kier alpha value is -1.06. The molecular weight excluding hydrogens is 306 g/mol. The summed E-state index contributed by atoms with van der Waals surface area (Å²) < 4.78 is 19.0. The van der Waals surface area contributed by atoms with Crippen LogP contribution in [-0.4, -0.2) is 0 Å². The van der Waals surface area contributed by atoms with Crippen LogP contribution in [0.4, 0.5) is 4.39 Å². The van der Waals surface area contributed by atoms with Gasteiger partial charge < -0.3 is 4.74 Å². The van der Waals surface area contributed by atoms with Crippen LogP contribution in [0.1, 0.15) is 5.56 Å². The normalized spacial score (nSPS) is 10.3. The highest BCUT2D eigenvalue weighted by atomic mass is 79.9. The van der Waals surface area contributed by atoms with E-state index < -0.39 is 0 Å². The average Bonchev–Trinajstić information content (AvgIpc) is 2.33. The van der Waals surface area contributed by atoms with Crippen molar-refractivity contribution in [2.24, 2.45) is 0 Å². The Bertz CT molecular complexity index is 513. The molecule has 0 N–H and O–H groups in total. The first kappa shape index (κ1) is 12.4. The summed E-state index contributed by atoms with van der Waals surface area (Å²) in [6.45, 7) is 0.418. The molecule has 2 aromatic rings. The van der Waals surface area contributed by atoms with Crippen molar-refractivity contribution in [3.05, 3.63) is 63.3 Å². The van der Waals surface area contributed by atoms with Crippen molar-refractivity contribution in [3.8, 4) is 5.75 Å². The van der Waals surface area contributed by atoms with Crippen molar-refractivity contribution in [2.75, 3.05) is 0 Å². The van der Waals surface area contributed by atoms with Crippen LogP contribution < -0.4 is 4.74 Å². The van der Waals surface area contributed by atoms with Gasteiger partial charge in [0.2, 0.25) is 0 Å². The Morgan fingerprint density at radius 1 is 1.12 bits per heavy atom. The van der Waals surface area contributed by atoms with Crippen LogP contribution in [0.25, 0.3) is 0 Å². The summed E-state index contributed by atoms with van der Waals surface area (Å²) in [7, 11) is 0. The van der Waals surface area contributed by atoms with Gasteiger partial charge >= 0.3 is 0 Å². The molecule has 0 fully saturated rings. The van der Waals surface area contributed by atoms with Crippen molar-refractivity contribution in [3.63, 3.8) is 0 Å². The van der Waals surface area contributed by atoms with E-state index in [1.807, 2.05) is 12.1 Å². The number of benzene rings is 2. The predicted molar refractivity (Wildman–Crippen MR) is 69.9 cm³/mol. The molecule has 2 rings (SSSR count). The zero-order valence-corrected chi connectivity index (χ0v) is 11.1. The molecule has 0 bridgehead atoms. The van der Waals surface area contributed by atoms with E-state index in [1.54, 1.807) is 18.2 Å².